The second-order valence-electron chi connectivity index (χ2n) is 9.54. The lowest BCUT2D eigenvalue weighted by Gasteiger charge is -2.36. The molecule has 1 aromatic heterocycles. The lowest BCUT2D eigenvalue weighted by Crippen LogP contribution is -2.43. The van der Waals surface area contributed by atoms with Crippen molar-refractivity contribution in [3.8, 4) is 0 Å². The fourth-order valence-electron chi connectivity index (χ4n) is 6.34. The summed E-state index contributed by atoms with van der Waals surface area (Å²) in [6, 6.07) is 22.7. The first-order valence-corrected chi connectivity index (χ1v) is 12.3. The summed E-state index contributed by atoms with van der Waals surface area (Å²) in [6.07, 6.45) is 3.18. The number of furan rings is 1. The molecule has 1 aliphatic carbocycles. The van der Waals surface area contributed by atoms with E-state index in [2.05, 4.69) is 0 Å². The number of nitrogens with zero attached hydrogens (tertiary/aromatic N) is 2. The van der Waals surface area contributed by atoms with Crippen molar-refractivity contribution in [3.63, 3.8) is 0 Å². The van der Waals surface area contributed by atoms with Crippen LogP contribution in [0.15, 0.2) is 101 Å². The van der Waals surface area contributed by atoms with E-state index in [1.165, 1.54) is 6.26 Å². The van der Waals surface area contributed by atoms with Gasteiger partial charge in [-0.05, 0) is 47.5 Å². The molecule has 0 N–H and O–H groups in total. The maximum absolute atomic E-state index is 14.5. The maximum atomic E-state index is 14.5. The molecule has 0 radical (unpaired) electrons. The summed E-state index contributed by atoms with van der Waals surface area (Å²) in [5.74, 6) is -1.42. The van der Waals surface area contributed by atoms with E-state index in [0.717, 1.165) is 11.1 Å². The number of rotatable bonds is 3. The molecule has 3 aromatic carbocycles. The van der Waals surface area contributed by atoms with Crippen LogP contribution in [0.2, 0.25) is 5.02 Å². The molecular formula is C30H19ClN2O4. The Labute approximate surface area is 217 Å². The molecular weight excluding hydrogens is 488 g/mol. The molecule has 3 heterocycles. The zero-order chi connectivity index (χ0) is 25.3. The first kappa shape index (κ1) is 21.9. The third-order valence-electron chi connectivity index (χ3n) is 7.82. The third-order valence-corrected chi connectivity index (χ3v) is 8.07. The predicted molar refractivity (Wildman–Crippen MR) is 137 cm³/mol. The number of hydrazone groups is 1. The molecule has 7 heteroatoms. The van der Waals surface area contributed by atoms with Gasteiger partial charge in [-0.25, -0.2) is 0 Å². The molecule has 37 heavy (non-hydrogen) atoms. The Bertz CT molecular complexity index is 1590. The molecule has 0 bridgehead atoms. The number of benzene rings is 3. The van der Waals surface area contributed by atoms with Gasteiger partial charge in [-0.15, -0.1) is 0 Å². The van der Waals surface area contributed by atoms with Gasteiger partial charge in [0.2, 0.25) is 0 Å². The van der Waals surface area contributed by atoms with Crippen molar-refractivity contribution in [1.29, 1.82) is 0 Å². The number of Topliss-reactive ketones (excluding diaryl/α,β-unsaturated/α-hetero) is 3. The highest BCUT2D eigenvalue weighted by atomic mass is 35.5. The highest BCUT2D eigenvalue weighted by Crippen LogP contribution is 2.64. The molecule has 1 saturated heterocycles. The number of ketones is 3. The molecule has 2 aliphatic heterocycles. The van der Waals surface area contributed by atoms with Gasteiger partial charge in [-0.3, -0.25) is 19.4 Å². The predicted octanol–water partition coefficient (Wildman–Crippen LogP) is 5.74. The van der Waals surface area contributed by atoms with E-state index in [4.69, 9.17) is 21.1 Å². The molecule has 6 nitrogen and oxygen atoms in total. The summed E-state index contributed by atoms with van der Waals surface area (Å²) < 4.78 is 5.87. The van der Waals surface area contributed by atoms with Crippen molar-refractivity contribution in [3.05, 3.63) is 130 Å². The van der Waals surface area contributed by atoms with E-state index in [0.29, 0.717) is 27.5 Å². The minimum atomic E-state index is -1.64. The average molecular weight is 507 g/mol. The molecule has 1 spiro atoms. The summed E-state index contributed by atoms with van der Waals surface area (Å²) in [7, 11) is 0. The fourth-order valence-corrected chi connectivity index (χ4v) is 6.46. The molecule has 7 rings (SSSR count). The van der Waals surface area contributed by atoms with E-state index < -0.39 is 23.4 Å². The van der Waals surface area contributed by atoms with Gasteiger partial charge in [-0.2, -0.15) is 5.10 Å². The van der Waals surface area contributed by atoms with Gasteiger partial charge >= 0.3 is 0 Å². The first-order chi connectivity index (χ1) is 18.0. The van der Waals surface area contributed by atoms with Crippen LogP contribution in [0.5, 0.6) is 0 Å². The van der Waals surface area contributed by atoms with E-state index in [-0.39, 0.29) is 17.3 Å². The number of fused-ring (bicyclic) bond motifs is 5. The largest absolute Gasteiger partial charge is 0.469 e. The molecule has 180 valence electrons. The van der Waals surface area contributed by atoms with Gasteiger partial charge < -0.3 is 4.42 Å². The topological polar surface area (TPSA) is 79.9 Å². The van der Waals surface area contributed by atoms with Crippen LogP contribution in [-0.2, 0) is 0 Å². The molecule has 3 aliphatic rings. The summed E-state index contributed by atoms with van der Waals surface area (Å²) in [5.41, 5.74) is 1.06. The van der Waals surface area contributed by atoms with Crippen molar-refractivity contribution in [1.82, 2.24) is 5.01 Å². The second kappa shape index (κ2) is 7.85. The Morgan fingerprint density at radius 3 is 2.22 bits per heavy atom. The number of hydrogen-bond acceptors (Lipinski definition) is 6. The standard InChI is InChI=1S/C30H19ClN2O4/c31-19-13-11-17(12-14-19)26(34)25-24(23-10-5-15-37-23)30(28(35)21-8-3-4-9-22(21)29(30)36)27-20-7-2-1-6-18(20)16-32-33(25)27/h1-16,24-25,27H/t24-,25+,27?/m0/s1. The second-order valence-corrected chi connectivity index (χ2v) is 9.97. The van der Waals surface area contributed by atoms with Gasteiger partial charge in [0.15, 0.2) is 17.3 Å². The van der Waals surface area contributed by atoms with Crippen LogP contribution in [0.1, 0.15) is 59.9 Å². The monoisotopic (exact) mass is 506 g/mol. The maximum Gasteiger partial charge on any atom is 0.187 e. The molecule has 0 saturated carbocycles. The Hall–Kier alpha value is -4.29. The Morgan fingerprint density at radius 2 is 1.54 bits per heavy atom. The highest BCUT2D eigenvalue weighted by Gasteiger charge is 2.73. The summed E-state index contributed by atoms with van der Waals surface area (Å²) in [5, 5.41) is 6.85. The first-order valence-electron chi connectivity index (χ1n) is 12.0. The van der Waals surface area contributed by atoms with Gasteiger partial charge in [0.05, 0.1) is 24.4 Å². The molecule has 1 fully saturated rings. The summed E-state index contributed by atoms with van der Waals surface area (Å²) in [6.45, 7) is 0. The third kappa shape index (κ3) is 2.82. The van der Waals surface area contributed by atoms with Crippen LogP contribution in [-0.4, -0.2) is 34.6 Å². The van der Waals surface area contributed by atoms with E-state index in [9.17, 15) is 14.4 Å². The van der Waals surface area contributed by atoms with Gasteiger partial charge in [0, 0.05) is 21.7 Å². The lowest BCUT2D eigenvalue weighted by molar-refractivity contribution is 0.0579. The molecule has 0 amide bonds. The lowest BCUT2D eigenvalue weighted by atomic mass is 9.64. The summed E-state index contributed by atoms with van der Waals surface area (Å²) in [4.78, 5) is 43.2. The van der Waals surface area contributed by atoms with E-state index >= 15 is 0 Å². The van der Waals surface area contributed by atoms with Crippen LogP contribution in [0.25, 0.3) is 0 Å². The van der Waals surface area contributed by atoms with Crippen molar-refractivity contribution >= 4 is 35.2 Å². The van der Waals surface area contributed by atoms with Crippen molar-refractivity contribution in [2.24, 2.45) is 10.5 Å². The zero-order valence-corrected chi connectivity index (χ0v) is 20.1. The van der Waals surface area contributed by atoms with Crippen molar-refractivity contribution < 1.29 is 18.8 Å². The van der Waals surface area contributed by atoms with Crippen LogP contribution < -0.4 is 0 Å². The zero-order valence-electron chi connectivity index (χ0n) is 19.4. The molecule has 1 unspecified atom stereocenters. The smallest absolute Gasteiger partial charge is 0.187 e. The van der Waals surface area contributed by atoms with Gasteiger partial charge in [0.25, 0.3) is 0 Å². The van der Waals surface area contributed by atoms with Crippen LogP contribution in [0.3, 0.4) is 0 Å². The van der Waals surface area contributed by atoms with Crippen molar-refractivity contribution in [2.45, 2.75) is 18.0 Å². The van der Waals surface area contributed by atoms with Crippen LogP contribution in [0.4, 0.5) is 0 Å². The van der Waals surface area contributed by atoms with Crippen molar-refractivity contribution in [2.75, 3.05) is 0 Å². The average Bonchev–Trinajstić information content (AvgIpc) is 3.62. The van der Waals surface area contributed by atoms with Gasteiger partial charge in [-0.1, -0.05) is 60.1 Å². The minimum absolute atomic E-state index is 0.270. The number of carbonyl (C=O) groups excluding carboxylic acids is 3. The Kier molecular flexibility index (Phi) is 4.66. The SMILES string of the molecule is O=C(c1ccc(Cl)cc1)[C@H]1[C@H](c2ccco2)C2(C(=O)c3ccccc3C2=O)C2c3ccccc3C=NN21. The number of halogens is 1. The normalized spacial score (nSPS) is 22.7. The van der Waals surface area contributed by atoms with E-state index in [1.54, 1.807) is 71.9 Å². The quantitative estimate of drug-likeness (QED) is 0.261. The highest BCUT2D eigenvalue weighted by molar-refractivity contribution is 6.32. The van der Waals surface area contributed by atoms with E-state index in [1.807, 2.05) is 24.3 Å². The van der Waals surface area contributed by atoms with Crippen LogP contribution >= 0.6 is 11.6 Å². The Balaban J connectivity index is 1.54. The summed E-state index contributed by atoms with van der Waals surface area (Å²) >= 11 is 6.09. The number of hydrogen-bond donors (Lipinski definition) is 0. The minimum Gasteiger partial charge on any atom is -0.469 e. The van der Waals surface area contributed by atoms with Crippen LogP contribution in [0, 0.1) is 5.41 Å². The molecule has 4 aromatic rings. The Morgan fingerprint density at radius 1 is 0.865 bits per heavy atom. The number of carbonyl (C=O) groups is 3. The molecule has 3 atom stereocenters. The van der Waals surface area contributed by atoms with Gasteiger partial charge in [0.1, 0.15) is 17.2 Å². The fraction of sp³-hybridized carbons (Fsp3) is 0.133.